The van der Waals surface area contributed by atoms with Crippen molar-refractivity contribution >= 4 is 5.91 Å². The highest BCUT2D eigenvalue weighted by Gasteiger charge is 2.21. The number of hydrogen-bond acceptors (Lipinski definition) is 6. The normalized spacial score (nSPS) is 12.2. The average molecular weight is 507 g/mol. The fourth-order valence-corrected chi connectivity index (χ4v) is 4.17. The Morgan fingerprint density at radius 3 is 2.49 bits per heavy atom. The van der Waals surface area contributed by atoms with Crippen molar-refractivity contribution in [1.82, 2.24) is 10.6 Å². The zero-order valence-electron chi connectivity index (χ0n) is 21.8. The standard InChI is InChI=1S/C30H38N2O5/c1-4-37-26-11-8-21(9-12-26)14-15-31-29(36)24-7-5-6-22(16-24)18-30(2,3)32-19-28(35)23-10-13-27(34)25(17-23)20-33/h5-13,16-17,28,32-35H,4,14-15,18-20H2,1-3H3,(H,31,36)/t28-/m1/s1. The number of benzene rings is 3. The topological polar surface area (TPSA) is 111 Å². The zero-order valence-corrected chi connectivity index (χ0v) is 21.8. The summed E-state index contributed by atoms with van der Waals surface area (Å²) >= 11 is 0. The molecular weight excluding hydrogens is 468 g/mol. The molecule has 0 fully saturated rings. The summed E-state index contributed by atoms with van der Waals surface area (Å²) in [4.78, 5) is 12.7. The van der Waals surface area contributed by atoms with Crippen molar-refractivity contribution in [1.29, 1.82) is 0 Å². The van der Waals surface area contributed by atoms with Gasteiger partial charge >= 0.3 is 0 Å². The van der Waals surface area contributed by atoms with E-state index in [-0.39, 0.29) is 23.8 Å². The average Bonchev–Trinajstić information content (AvgIpc) is 2.88. The second kappa shape index (κ2) is 13.2. The van der Waals surface area contributed by atoms with Crippen molar-refractivity contribution in [3.8, 4) is 11.5 Å². The van der Waals surface area contributed by atoms with Gasteiger partial charge in [0.1, 0.15) is 11.5 Å². The summed E-state index contributed by atoms with van der Waals surface area (Å²) in [5.41, 5.74) is 3.41. The van der Waals surface area contributed by atoms with Crippen LogP contribution in [0.3, 0.4) is 0 Å². The summed E-state index contributed by atoms with van der Waals surface area (Å²) in [6.45, 7) is 7.21. The van der Waals surface area contributed by atoms with Crippen molar-refractivity contribution < 1.29 is 24.9 Å². The highest BCUT2D eigenvalue weighted by Crippen LogP contribution is 2.23. The third kappa shape index (κ3) is 8.60. The lowest BCUT2D eigenvalue weighted by Gasteiger charge is -2.28. The van der Waals surface area contributed by atoms with Gasteiger partial charge in [-0.05, 0) is 86.7 Å². The Balaban J connectivity index is 1.51. The molecule has 7 heteroatoms. The lowest BCUT2D eigenvalue weighted by Crippen LogP contribution is -2.43. The van der Waals surface area contributed by atoms with Gasteiger partial charge in [-0.2, -0.15) is 0 Å². The third-order valence-corrected chi connectivity index (χ3v) is 6.20. The smallest absolute Gasteiger partial charge is 0.251 e. The number of aliphatic hydroxyl groups excluding tert-OH is 2. The maximum Gasteiger partial charge on any atom is 0.251 e. The van der Waals surface area contributed by atoms with Crippen LogP contribution in [-0.4, -0.2) is 46.5 Å². The minimum Gasteiger partial charge on any atom is -0.508 e. The van der Waals surface area contributed by atoms with E-state index >= 15 is 0 Å². The number of β-amino-alcohol motifs (C(OH)–C–C–N with tert-alkyl or cyclic N) is 1. The number of phenols is 1. The molecule has 37 heavy (non-hydrogen) atoms. The molecule has 1 amide bonds. The van der Waals surface area contributed by atoms with Gasteiger partial charge in [-0.3, -0.25) is 4.79 Å². The Labute approximate surface area is 219 Å². The highest BCUT2D eigenvalue weighted by atomic mass is 16.5. The van der Waals surface area contributed by atoms with E-state index in [9.17, 15) is 20.1 Å². The van der Waals surface area contributed by atoms with Gasteiger partial charge in [-0.15, -0.1) is 0 Å². The quantitative estimate of drug-likeness (QED) is 0.241. The van der Waals surface area contributed by atoms with Crippen molar-refractivity contribution in [2.45, 2.75) is 51.9 Å². The molecule has 0 aliphatic heterocycles. The lowest BCUT2D eigenvalue weighted by molar-refractivity contribution is 0.0954. The van der Waals surface area contributed by atoms with Gasteiger partial charge in [0.25, 0.3) is 5.91 Å². The van der Waals surface area contributed by atoms with Crippen molar-refractivity contribution in [3.05, 3.63) is 94.5 Å². The molecule has 0 bridgehead atoms. The summed E-state index contributed by atoms with van der Waals surface area (Å²) < 4.78 is 5.46. The minimum atomic E-state index is -0.794. The van der Waals surface area contributed by atoms with Crippen LogP contribution in [0.15, 0.2) is 66.7 Å². The molecule has 0 aromatic heterocycles. The molecular formula is C30H38N2O5. The van der Waals surface area contributed by atoms with Crippen molar-refractivity contribution in [2.24, 2.45) is 0 Å². The van der Waals surface area contributed by atoms with Crippen molar-refractivity contribution in [3.63, 3.8) is 0 Å². The molecule has 0 aliphatic rings. The Bertz CT molecular complexity index is 1160. The number of aliphatic hydroxyl groups is 2. The molecule has 0 aliphatic carbocycles. The van der Waals surface area contributed by atoms with Crippen LogP contribution in [-0.2, 0) is 19.4 Å². The van der Waals surface area contributed by atoms with Gasteiger partial charge in [0, 0.05) is 29.8 Å². The molecule has 3 aromatic rings. The lowest BCUT2D eigenvalue weighted by atomic mass is 9.93. The van der Waals surface area contributed by atoms with E-state index in [1.54, 1.807) is 12.1 Å². The summed E-state index contributed by atoms with van der Waals surface area (Å²) in [5, 5.41) is 36.1. The van der Waals surface area contributed by atoms with E-state index in [0.29, 0.717) is 42.8 Å². The van der Waals surface area contributed by atoms with Gasteiger partial charge in [0.05, 0.1) is 19.3 Å². The number of carbonyl (C=O) groups excluding carboxylic acids is 1. The van der Waals surface area contributed by atoms with Gasteiger partial charge in [0.2, 0.25) is 0 Å². The molecule has 5 N–H and O–H groups in total. The second-order valence-electron chi connectivity index (χ2n) is 9.79. The molecule has 0 saturated carbocycles. The summed E-state index contributed by atoms with van der Waals surface area (Å²) in [7, 11) is 0. The Morgan fingerprint density at radius 1 is 1.03 bits per heavy atom. The van der Waals surface area contributed by atoms with E-state index in [0.717, 1.165) is 23.3 Å². The van der Waals surface area contributed by atoms with Crippen LogP contribution in [0.25, 0.3) is 0 Å². The predicted octanol–water partition coefficient (Wildman–Crippen LogP) is 3.90. The second-order valence-corrected chi connectivity index (χ2v) is 9.79. The summed E-state index contributed by atoms with van der Waals surface area (Å²) in [6, 6.07) is 20.2. The molecule has 0 saturated heterocycles. The fourth-order valence-electron chi connectivity index (χ4n) is 4.17. The molecule has 0 radical (unpaired) electrons. The molecule has 0 spiro atoms. The molecule has 1 atom stereocenters. The number of ether oxygens (including phenoxy) is 1. The monoisotopic (exact) mass is 506 g/mol. The molecule has 3 rings (SSSR count). The SMILES string of the molecule is CCOc1ccc(CCNC(=O)c2cccc(CC(C)(C)NC[C@@H](O)c3ccc(O)c(CO)c3)c2)cc1. The predicted molar refractivity (Wildman–Crippen MR) is 145 cm³/mol. The zero-order chi connectivity index (χ0) is 26.8. The van der Waals surface area contributed by atoms with Gasteiger partial charge in [0.15, 0.2) is 0 Å². The fraction of sp³-hybridized carbons (Fsp3) is 0.367. The van der Waals surface area contributed by atoms with E-state index in [2.05, 4.69) is 10.6 Å². The Morgan fingerprint density at radius 2 is 1.78 bits per heavy atom. The van der Waals surface area contributed by atoms with Gasteiger partial charge in [-0.25, -0.2) is 0 Å². The van der Waals surface area contributed by atoms with Crippen LogP contribution in [0.5, 0.6) is 11.5 Å². The van der Waals surface area contributed by atoms with Crippen LogP contribution < -0.4 is 15.4 Å². The van der Waals surface area contributed by atoms with Crippen molar-refractivity contribution in [2.75, 3.05) is 19.7 Å². The van der Waals surface area contributed by atoms with Crippen LogP contribution in [0.2, 0.25) is 0 Å². The first kappa shape index (κ1) is 28.2. The van der Waals surface area contributed by atoms with E-state index in [1.807, 2.05) is 69.3 Å². The summed E-state index contributed by atoms with van der Waals surface area (Å²) in [5.74, 6) is 0.739. The summed E-state index contributed by atoms with van der Waals surface area (Å²) in [6.07, 6.45) is 0.597. The molecule has 0 unspecified atom stereocenters. The number of nitrogens with one attached hydrogen (secondary N) is 2. The van der Waals surface area contributed by atoms with Crippen LogP contribution in [0.4, 0.5) is 0 Å². The van der Waals surface area contributed by atoms with E-state index < -0.39 is 6.10 Å². The first-order valence-corrected chi connectivity index (χ1v) is 12.7. The maximum atomic E-state index is 12.7. The van der Waals surface area contributed by atoms with E-state index in [1.165, 1.54) is 6.07 Å². The van der Waals surface area contributed by atoms with Gasteiger partial charge in [-0.1, -0.05) is 30.3 Å². The Hall–Kier alpha value is -3.39. The first-order valence-electron chi connectivity index (χ1n) is 12.7. The molecule has 198 valence electrons. The number of rotatable bonds is 13. The minimum absolute atomic E-state index is 0.00632. The third-order valence-electron chi connectivity index (χ3n) is 6.20. The maximum absolute atomic E-state index is 12.7. The van der Waals surface area contributed by atoms with Crippen LogP contribution >= 0.6 is 0 Å². The largest absolute Gasteiger partial charge is 0.508 e. The van der Waals surface area contributed by atoms with Crippen LogP contribution in [0, 0.1) is 0 Å². The molecule has 3 aromatic carbocycles. The molecule has 0 heterocycles. The Kier molecular flexibility index (Phi) is 10.1. The first-order chi connectivity index (χ1) is 17.7. The number of amides is 1. The number of hydrogen-bond donors (Lipinski definition) is 5. The van der Waals surface area contributed by atoms with Crippen LogP contribution in [0.1, 0.15) is 59.5 Å². The molecule has 7 nitrogen and oxygen atoms in total. The number of aromatic hydroxyl groups is 1. The highest BCUT2D eigenvalue weighted by molar-refractivity contribution is 5.94. The van der Waals surface area contributed by atoms with E-state index in [4.69, 9.17) is 4.74 Å². The number of carbonyl (C=O) groups is 1. The van der Waals surface area contributed by atoms with Gasteiger partial charge < -0.3 is 30.7 Å².